The average molecular weight is 395 g/mol. The zero-order valence-electron chi connectivity index (χ0n) is 20.9. The highest BCUT2D eigenvalue weighted by Gasteiger charge is 2.14. The van der Waals surface area contributed by atoms with Gasteiger partial charge >= 0.3 is 0 Å². The number of unbranched alkanes of at least 4 members (excludes halogenated alkanes) is 1. The van der Waals surface area contributed by atoms with Crippen LogP contribution >= 0.6 is 0 Å². The molecule has 2 nitrogen and oxygen atoms in total. The Morgan fingerprint density at radius 1 is 0.857 bits per heavy atom. The number of carbonyl (C=O) groups excluding carboxylic acids is 2. The minimum Gasteiger partial charge on any atom is -0.300 e. The third-order valence-electron chi connectivity index (χ3n) is 3.85. The predicted molar refractivity (Wildman–Crippen MR) is 128 cm³/mol. The van der Waals surface area contributed by atoms with Crippen LogP contribution in [-0.4, -0.2) is 11.6 Å². The van der Waals surface area contributed by atoms with Crippen molar-refractivity contribution in [1.29, 1.82) is 0 Å². The second-order valence-corrected chi connectivity index (χ2v) is 6.57. The molecule has 0 aliphatic carbocycles. The lowest BCUT2D eigenvalue weighted by Gasteiger charge is -2.13. The maximum absolute atomic E-state index is 11.5. The molecule has 28 heavy (non-hydrogen) atoms. The van der Waals surface area contributed by atoms with E-state index in [-0.39, 0.29) is 17.5 Å². The third kappa shape index (κ3) is 26.8. The van der Waals surface area contributed by atoms with Crippen molar-refractivity contribution < 1.29 is 9.59 Å². The van der Waals surface area contributed by atoms with Crippen LogP contribution < -0.4 is 0 Å². The van der Waals surface area contributed by atoms with Gasteiger partial charge < -0.3 is 4.79 Å². The average Bonchev–Trinajstić information content (AvgIpc) is 2.72. The first-order valence-corrected chi connectivity index (χ1v) is 11.3. The van der Waals surface area contributed by atoms with E-state index in [2.05, 4.69) is 27.7 Å². The molecule has 1 aromatic rings. The molecule has 0 saturated carbocycles. The minimum absolute atomic E-state index is 0.108. The first-order chi connectivity index (χ1) is 13.3. The highest BCUT2D eigenvalue weighted by atomic mass is 16.1. The van der Waals surface area contributed by atoms with Crippen LogP contribution in [0.5, 0.6) is 0 Å². The first kappa shape index (κ1) is 34.1. The fourth-order valence-electron chi connectivity index (χ4n) is 1.70. The molecule has 0 N–H and O–H groups in total. The van der Waals surface area contributed by atoms with Crippen LogP contribution in [0.4, 0.5) is 0 Å². The molecule has 0 saturated heterocycles. The Kier molecular flexibility index (Phi) is 33.8. The highest BCUT2D eigenvalue weighted by Crippen LogP contribution is 2.22. The molecule has 1 aromatic carbocycles. The third-order valence-corrected chi connectivity index (χ3v) is 3.85. The van der Waals surface area contributed by atoms with Crippen molar-refractivity contribution in [2.75, 3.05) is 0 Å². The van der Waals surface area contributed by atoms with Crippen LogP contribution in [0.2, 0.25) is 0 Å². The second-order valence-electron chi connectivity index (χ2n) is 6.57. The van der Waals surface area contributed by atoms with E-state index in [0.29, 0.717) is 6.42 Å². The summed E-state index contributed by atoms with van der Waals surface area (Å²) < 4.78 is 0. The monoisotopic (exact) mass is 394 g/mol. The van der Waals surface area contributed by atoms with Crippen LogP contribution in [0.15, 0.2) is 30.3 Å². The molecule has 0 aliphatic rings. The van der Waals surface area contributed by atoms with Crippen LogP contribution in [0.1, 0.15) is 120 Å². The van der Waals surface area contributed by atoms with Gasteiger partial charge in [0.05, 0.1) is 0 Å². The van der Waals surface area contributed by atoms with Crippen molar-refractivity contribution in [3.05, 3.63) is 35.9 Å². The van der Waals surface area contributed by atoms with Crippen molar-refractivity contribution in [1.82, 2.24) is 0 Å². The standard InChI is InChI=1S/C13H18O.C5H12.C4H8O.2C2H6/c1-3-4-10-13(11(2)14)12-8-6-5-7-9-12;1-4-5(2)3;1-3-4(2)5;2*1-2/h5-9,13H,3-4,10H2,1-2H3;5H,4H2,1-3H3;3H2,1-2H3;2*1-2H3. The van der Waals surface area contributed by atoms with Gasteiger partial charge in [0.25, 0.3) is 0 Å². The molecule has 0 fully saturated rings. The van der Waals surface area contributed by atoms with Crippen molar-refractivity contribution in [2.45, 2.75) is 114 Å². The summed E-state index contributed by atoms with van der Waals surface area (Å²) in [5.74, 6) is 1.53. The molecule has 1 unspecified atom stereocenters. The van der Waals surface area contributed by atoms with Gasteiger partial charge in [0.15, 0.2) is 0 Å². The Bertz CT molecular complexity index is 421. The Balaban J connectivity index is -0.000000171. The zero-order chi connectivity index (χ0) is 23.0. The largest absolute Gasteiger partial charge is 0.300 e. The smallest absolute Gasteiger partial charge is 0.137 e. The van der Waals surface area contributed by atoms with E-state index in [1.54, 1.807) is 13.8 Å². The number of rotatable bonds is 7. The van der Waals surface area contributed by atoms with Crippen molar-refractivity contribution in [3.63, 3.8) is 0 Å². The van der Waals surface area contributed by atoms with Gasteiger partial charge in [-0.05, 0) is 31.7 Å². The molecule has 0 radical (unpaired) electrons. The van der Waals surface area contributed by atoms with E-state index >= 15 is 0 Å². The summed E-state index contributed by atoms with van der Waals surface area (Å²) in [6, 6.07) is 10.1. The molecule has 0 aromatic heterocycles. The number of hydrogen-bond donors (Lipinski definition) is 0. The number of hydrogen-bond acceptors (Lipinski definition) is 2. The SMILES string of the molecule is CC.CC.CCC(C)=O.CCC(C)C.CCCCC(C(C)=O)c1ccccc1. The van der Waals surface area contributed by atoms with Crippen LogP contribution in [0, 0.1) is 5.92 Å². The number of ketones is 2. The van der Waals surface area contributed by atoms with Gasteiger partial charge in [-0.3, -0.25) is 4.79 Å². The quantitative estimate of drug-likeness (QED) is 0.463. The molecule has 1 rings (SSSR count). The summed E-state index contributed by atoms with van der Waals surface area (Å²) in [6.07, 6.45) is 5.23. The lowest BCUT2D eigenvalue weighted by atomic mass is 9.90. The predicted octanol–water partition coefficient (Wildman–Crippen LogP) is 8.64. The molecule has 166 valence electrons. The van der Waals surface area contributed by atoms with Crippen LogP contribution in [0.3, 0.4) is 0 Å². The Labute approximate surface area is 177 Å². The molecule has 0 spiro atoms. The highest BCUT2D eigenvalue weighted by molar-refractivity contribution is 5.83. The lowest BCUT2D eigenvalue weighted by molar-refractivity contribution is -0.118. The summed E-state index contributed by atoms with van der Waals surface area (Å²) >= 11 is 0. The second kappa shape index (κ2) is 27.8. The number of benzene rings is 1. The van der Waals surface area contributed by atoms with Crippen LogP contribution in [0.25, 0.3) is 0 Å². The van der Waals surface area contributed by atoms with Crippen LogP contribution in [-0.2, 0) is 9.59 Å². The molecular weight excluding hydrogens is 344 g/mol. The summed E-state index contributed by atoms with van der Waals surface area (Å²) in [5, 5.41) is 0. The van der Waals surface area contributed by atoms with Gasteiger partial charge in [-0.15, -0.1) is 0 Å². The number of carbonyl (C=O) groups is 2. The van der Waals surface area contributed by atoms with Gasteiger partial charge in [-0.25, -0.2) is 0 Å². The summed E-state index contributed by atoms with van der Waals surface area (Å²) in [7, 11) is 0. The maximum Gasteiger partial charge on any atom is 0.137 e. The molecule has 0 bridgehead atoms. The summed E-state index contributed by atoms with van der Waals surface area (Å²) in [5.41, 5.74) is 1.16. The number of Topliss-reactive ketones (excluding diaryl/α,β-unsaturated/α-hetero) is 2. The molecule has 0 amide bonds. The molecule has 0 aliphatic heterocycles. The van der Waals surface area contributed by atoms with Gasteiger partial charge in [-0.1, -0.05) is 112 Å². The first-order valence-electron chi connectivity index (χ1n) is 11.3. The maximum atomic E-state index is 11.5. The molecule has 0 heterocycles. The zero-order valence-corrected chi connectivity index (χ0v) is 20.9. The Morgan fingerprint density at radius 2 is 1.25 bits per heavy atom. The molecule has 1 atom stereocenters. The van der Waals surface area contributed by atoms with E-state index in [4.69, 9.17) is 0 Å². The molecular formula is C26H50O2. The van der Waals surface area contributed by atoms with Gasteiger partial charge in [0.1, 0.15) is 11.6 Å². The topological polar surface area (TPSA) is 34.1 Å². The summed E-state index contributed by atoms with van der Waals surface area (Å²) in [6.45, 7) is 21.9. The van der Waals surface area contributed by atoms with Crippen molar-refractivity contribution in [2.24, 2.45) is 5.92 Å². The Hall–Kier alpha value is -1.44. The normalized spacial score (nSPS) is 9.71. The van der Waals surface area contributed by atoms with Gasteiger partial charge in [-0.2, -0.15) is 0 Å². The van der Waals surface area contributed by atoms with E-state index in [9.17, 15) is 9.59 Å². The van der Waals surface area contributed by atoms with E-state index < -0.39 is 0 Å². The molecule has 2 heteroatoms. The fourth-order valence-corrected chi connectivity index (χ4v) is 1.70. The fraction of sp³-hybridized carbons (Fsp3) is 0.692. The van der Waals surface area contributed by atoms with Gasteiger partial charge in [0, 0.05) is 12.3 Å². The lowest BCUT2D eigenvalue weighted by Crippen LogP contribution is -2.08. The Morgan fingerprint density at radius 3 is 1.50 bits per heavy atom. The van der Waals surface area contributed by atoms with Crippen molar-refractivity contribution in [3.8, 4) is 0 Å². The van der Waals surface area contributed by atoms with E-state index in [1.807, 2.05) is 65.0 Å². The van der Waals surface area contributed by atoms with Crippen molar-refractivity contribution >= 4 is 11.6 Å². The van der Waals surface area contributed by atoms with E-state index in [1.165, 1.54) is 6.42 Å². The van der Waals surface area contributed by atoms with E-state index in [0.717, 1.165) is 30.7 Å². The minimum atomic E-state index is 0.108. The summed E-state index contributed by atoms with van der Waals surface area (Å²) in [4.78, 5) is 21.3. The van der Waals surface area contributed by atoms with Gasteiger partial charge in [0.2, 0.25) is 0 Å².